The number of hydrogen-bond donors (Lipinski definition) is 0. The molecule has 21 heavy (non-hydrogen) atoms. The van der Waals surface area contributed by atoms with E-state index >= 15 is 0 Å². The molecule has 0 radical (unpaired) electrons. The number of rotatable bonds is 2. The van der Waals surface area contributed by atoms with E-state index in [1.807, 2.05) is 32.9 Å². The van der Waals surface area contributed by atoms with Crippen LogP contribution >= 0.6 is 0 Å². The molecule has 1 rings (SSSR count). The summed E-state index contributed by atoms with van der Waals surface area (Å²) in [4.78, 5) is 11.7. The van der Waals surface area contributed by atoms with E-state index in [-0.39, 0.29) is 17.8 Å². The van der Waals surface area contributed by atoms with Crippen molar-refractivity contribution in [3.05, 3.63) is 12.2 Å². The highest BCUT2D eigenvalue weighted by molar-refractivity contribution is 5.61. The van der Waals surface area contributed by atoms with Gasteiger partial charge in [0.1, 0.15) is 11.7 Å². The Kier molecular flexibility index (Phi) is 6.26. The first-order chi connectivity index (χ1) is 9.55. The van der Waals surface area contributed by atoms with E-state index in [1.54, 1.807) is 0 Å². The molecule has 4 heteroatoms. The molecule has 1 aliphatic rings. The Bertz CT molecular complexity index is 360. The van der Waals surface area contributed by atoms with E-state index in [0.29, 0.717) is 0 Å². The zero-order chi connectivity index (χ0) is 16.1. The van der Waals surface area contributed by atoms with Crippen LogP contribution in [-0.4, -0.2) is 29.6 Å². The molecular formula is C17H30O4. The van der Waals surface area contributed by atoms with E-state index in [1.165, 1.54) is 0 Å². The van der Waals surface area contributed by atoms with Crippen molar-refractivity contribution in [2.24, 2.45) is 0 Å². The molecule has 122 valence electrons. The summed E-state index contributed by atoms with van der Waals surface area (Å²) in [7, 11) is 0. The van der Waals surface area contributed by atoms with Gasteiger partial charge in [0.25, 0.3) is 0 Å². The first-order valence-corrected chi connectivity index (χ1v) is 7.79. The van der Waals surface area contributed by atoms with Gasteiger partial charge < -0.3 is 14.2 Å². The van der Waals surface area contributed by atoms with E-state index < -0.39 is 11.8 Å². The summed E-state index contributed by atoms with van der Waals surface area (Å²) in [5, 5.41) is 0. The summed E-state index contributed by atoms with van der Waals surface area (Å²) >= 11 is 0. The molecule has 0 spiro atoms. The minimum Gasteiger partial charge on any atom is -0.429 e. The number of hydrogen-bond acceptors (Lipinski definition) is 4. The smallest absolute Gasteiger partial charge is 0.429 e. The Morgan fingerprint density at radius 1 is 1.05 bits per heavy atom. The Morgan fingerprint density at radius 3 is 2.29 bits per heavy atom. The fourth-order valence-corrected chi connectivity index (χ4v) is 2.25. The Hall–Kier alpha value is -1.03. The minimum absolute atomic E-state index is 0.121. The van der Waals surface area contributed by atoms with Gasteiger partial charge in [-0.05, 0) is 73.3 Å². The van der Waals surface area contributed by atoms with Gasteiger partial charge in [-0.2, -0.15) is 0 Å². The lowest BCUT2D eigenvalue weighted by atomic mass is 10.0. The van der Waals surface area contributed by atoms with Crippen molar-refractivity contribution in [3.8, 4) is 0 Å². The maximum absolute atomic E-state index is 11.7. The quantitative estimate of drug-likeness (QED) is 0.551. The van der Waals surface area contributed by atoms with Crippen LogP contribution in [0.2, 0.25) is 0 Å². The number of carbonyl (C=O) groups is 1. The molecule has 0 aromatic heterocycles. The molecule has 4 nitrogen and oxygen atoms in total. The molecule has 2 unspecified atom stereocenters. The van der Waals surface area contributed by atoms with E-state index in [9.17, 15) is 4.79 Å². The topological polar surface area (TPSA) is 44.8 Å². The van der Waals surface area contributed by atoms with E-state index in [4.69, 9.17) is 14.2 Å². The van der Waals surface area contributed by atoms with Crippen LogP contribution in [0.3, 0.4) is 0 Å². The van der Waals surface area contributed by atoms with Gasteiger partial charge in [0.05, 0.1) is 11.7 Å². The lowest BCUT2D eigenvalue weighted by molar-refractivity contribution is -0.0642. The molecule has 2 atom stereocenters. The highest BCUT2D eigenvalue weighted by atomic mass is 16.7. The van der Waals surface area contributed by atoms with Crippen LogP contribution in [0.15, 0.2) is 12.2 Å². The van der Waals surface area contributed by atoms with Gasteiger partial charge in [-0.3, -0.25) is 0 Å². The largest absolute Gasteiger partial charge is 0.509 e. The molecular weight excluding hydrogens is 268 g/mol. The summed E-state index contributed by atoms with van der Waals surface area (Å²) in [5.74, 6) is 0. The van der Waals surface area contributed by atoms with Crippen molar-refractivity contribution < 1.29 is 19.0 Å². The van der Waals surface area contributed by atoms with E-state index in [2.05, 4.69) is 20.8 Å². The van der Waals surface area contributed by atoms with Crippen LogP contribution < -0.4 is 0 Å². The molecule has 0 heterocycles. The van der Waals surface area contributed by atoms with Gasteiger partial charge in [0.2, 0.25) is 0 Å². The maximum atomic E-state index is 11.7. The zero-order valence-corrected chi connectivity index (χ0v) is 14.3. The lowest BCUT2D eigenvalue weighted by Crippen LogP contribution is -2.29. The second kappa shape index (κ2) is 7.30. The van der Waals surface area contributed by atoms with Gasteiger partial charge >= 0.3 is 6.16 Å². The van der Waals surface area contributed by atoms with Crippen molar-refractivity contribution in [1.82, 2.24) is 0 Å². The van der Waals surface area contributed by atoms with Gasteiger partial charge in [0, 0.05) is 0 Å². The van der Waals surface area contributed by atoms with Crippen LogP contribution in [0.25, 0.3) is 0 Å². The SMILES string of the molecule is CC(C)(C)OC(=O)OC1/C=C/CC(OC(C)(C)C)CCC1. The third-order valence-electron chi connectivity index (χ3n) is 2.92. The monoisotopic (exact) mass is 298 g/mol. The number of carbonyl (C=O) groups excluding carboxylic acids is 1. The van der Waals surface area contributed by atoms with Crippen molar-refractivity contribution in [1.29, 1.82) is 0 Å². The average Bonchev–Trinajstić information content (AvgIpc) is 2.20. The second-order valence-electron chi connectivity index (χ2n) is 7.57. The van der Waals surface area contributed by atoms with Crippen molar-refractivity contribution in [2.75, 3.05) is 0 Å². The third kappa shape index (κ3) is 8.76. The Labute approximate surface area is 128 Å². The molecule has 0 fully saturated rings. The predicted octanol–water partition coefficient (Wildman–Crippen LogP) is 4.62. The van der Waals surface area contributed by atoms with Crippen LogP contribution in [0.4, 0.5) is 4.79 Å². The highest BCUT2D eigenvalue weighted by Crippen LogP contribution is 2.22. The van der Waals surface area contributed by atoms with Crippen LogP contribution in [0.1, 0.15) is 67.2 Å². The molecule has 1 aliphatic carbocycles. The predicted molar refractivity (Wildman–Crippen MR) is 83.3 cm³/mol. The zero-order valence-electron chi connectivity index (χ0n) is 14.3. The van der Waals surface area contributed by atoms with Gasteiger partial charge in [0.15, 0.2) is 0 Å². The van der Waals surface area contributed by atoms with Gasteiger partial charge in [-0.1, -0.05) is 6.08 Å². The summed E-state index contributed by atoms with van der Waals surface area (Å²) in [5.41, 5.74) is -0.641. The Balaban J connectivity index is 2.46. The first kappa shape index (κ1) is 18.0. The number of ether oxygens (including phenoxy) is 3. The van der Waals surface area contributed by atoms with Crippen molar-refractivity contribution in [2.45, 2.75) is 90.6 Å². The highest BCUT2D eigenvalue weighted by Gasteiger charge is 2.23. The van der Waals surface area contributed by atoms with Crippen LogP contribution in [0.5, 0.6) is 0 Å². The van der Waals surface area contributed by atoms with Gasteiger partial charge in [-0.15, -0.1) is 0 Å². The molecule has 0 bridgehead atoms. The molecule has 0 aliphatic heterocycles. The first-order valence-electron chi connectivity index (χ1n) is 7.79. The third-order valence-corrected chi connectivity index (χ3v) is 2.92. The maximum Gasteiger partial charge on any atom is 0.509 e. The lowest BCUT2D eigenvalue weighted by Gasteiger charge is -2.28. The molecule has 0 saturated heterocycles. The minimum atomic E-state index is -0.597. The standard InChI is InChI=1S/C17H30O4/c1-16(2,3)20-14-11-7-9-13(10-8-12-14)19-15(18)21-17(4,5)6/h7,9,13-14H,8,10-12H2,1-6H3/b9-7+. The van der Waals surface area contributed by atoms with Crippen molar-refractivity contribution in [3.63, 3.8) is 0 Å². The average molecular weight is 298 g/mol. The molecule has 0 aromatic carbocycles. The molecule has 0 amide bonds. The van der Waals surface area contributed by atoms with Crippen LogP contribution in [0, 0.1) is 0 Å². The molecule has 0 N–H and O–H groups in total. The summed E-state index contributed by atoms with van der Waals surface area (Å²) in [6.07, 6.45) is 7.05. The normalized spacial score (nSPS) is 25.6. The fourth-order valence-electron chi connectivity index (χ4n) is 2.25. The molecule has 0 aromatic rings. The van der Waals surface area contributed by atoms with Gasteiger partial charge in [-0.25, -0.2) is 4.79 Å². The summed E-state index contributed by atoms with van der Waals surface area (Å²) in [6.45, 7) is 11.7. The van der Waals surface area contributed by atoms with Crippen molar-refractivity contribution >= 4 is 6.16 Å². The molecule has 0 saturated carbocycles. The summed E-state index contributed by atoms with van der Waals surface area (Å²) < 4.78 is 16.5. The second-order valence-corrected chi connectivity index (χ2v) is 7.57. The fraction of sp³-hybridized carbons (Fsp3) is 0.824. The Morgan fingerprint density at radius 2 is 1.71 bits per heavy atom. The van der Waals surface area contributed by atoms with E-state index in [0.717, 1.165) is 25.7 Å². The summed E-state index contributed by atoms with van der Waals surface area (Å²) in [6, 6.07) is 0. The van der Waals surface area contributed by atoms with Crippen LogP contribution in [-0.2, 0) is 14.2 Å².